The van der Waals surface area contributed by atoms with Gasteiger partial charge in [-0.05, 0) is 48.8 Å². The number of para-hydroxylation sites is 1. The van der Waals surface area contributed by atoms with Gasteiger partial charge in [0.1, 0.15) is 5.52 Å². The lowest BCUT2D eigenvalue weighted by Gasteiger charge is -2.33. The predicted molar refractivity (Wildman–Crippen MR) is 126 cm³/mol. The van der Waals surface area contributed by atoms with Crippen molar-refractivity contribution in [2.75, 3.05) is 36.0 Å². The Balaban J connectivity index is 1.18. The fourth-order valence-electron chi connectivity index (χ4n) is 6.11. The molecule has 8 nitrogen and oxygen atoms in total. The molecule has 1 N–H and O–H groups in total. The standard InChI is InChI=1S/C25H30N6O2/c1-16-17-5-2-6-18(16)20(15-17)28-23(32)19-7-3-8-21-22(19)29-25(33-21)31-13-11-30(12-14-31)24-26-9-4-10-27-24/h3-4,7-10,16-18,20H,2,5-6,11-15H2,1H3,(H,28,32). The zero-order valence-electron chi connectivity index (χ0n) is 19.0. The number of rotatable bonds is 4. The summed E-state index contributed by atoms with van der Waals surface area (Å²) < 4.78 is 6.08. The van der Waals surface area contributed by atoms with Gasteiger partial charge in [-0.15, -0.1) is 0 Å². The lowest BCUT2D eigenvalue weighted by atomic mass is 9.79. The van der Waals surface area contributed by atoms with Gasteiger partial charge in [0, 0.05) is 44.6 Å². The molecule has 1 aliphatic heterocycles. The van der Waals surface area contributed by atoms with Gasteiger partial charge in [0.05, 0.1) is 5.56 Å². The van der Waals surface area contributed by atoms with Crippen LogP contribution in [0.3, 0.4) is 0 Å². The van der Waals surface area contributed by atoms with Gasteiger partial charge >= 0.3 is 0 Å². The van der Waals surface area contributed by atoms with E-state index >= 15 is 0 Å². The molecule has 3 aromatic rings. The summed E-state index contributed by atoms with van der Waals surface area (Å²) >= 11 is 0. The van der Waals surface area contributed by atoms with Crippen LogP contribution in [0.25, 0.3) is 11.1 Å². The molecule has 3 heterocycles. The van der Waals surface area contributed by atoms with Gasteiger partial charge in [-0.25, -0.2) is 9.97 Å². The van der Waals surface area contributed by atoms with Crippen LogP contribution in [0.2, 0.25) is 0 Å². The van der Waals surface area contributed by atoms with E-state index in [0.29, 0.717) is 34.5 Å². The molecule has 3 fully saturated rings. The topological polar surface area (TPSA) is 87.4 Å². The summed E-state index contributed by atoms with van der Waals surface area (Å²) in [6, 6.07) is 8.30. The number of amides is 1. The number of oxazole rings is 1. The maximum absolute atomic E-state index is 13.3. The van der Waals surface area contributed by atoms with Crippen LogP contribution in [0.4, 0.5) is 12.0 Å². The van der Waals surface area contributed by atoms with Gasteiger partial charge < -0.3 is 19.5 Å². The van der Waals surface area contributed by atoms with Crippen molar-refractivity contribution in [3.8, 4) is 0 Å². The fourth-order valence-corrected chi connectivity index (χ4v) is 6.11. The van der Waals surface area contributed by atoms with E-state index in [0.717, 1.165) is 44.5 Å². The van der Waals surface area contributed by atoms with E-state index < -0.39 is 0 Å². The molecule has 0 spiro atoms. The molecule has 2 saturated carbocycles. The Hall–Kier alpha value is -3.16. The summed E-state index contributed by atoms with van der Waals surface area (Å²) in [5, 5.41) is 3.35. The van der Waals surface area contributed by atoms with Crippen molar-refractivity contribution in [3.63, 3.8) is 0 Å². The maximum Gasteiger partial charge on any atom is 0.298 e. The van der Waals surface area contributed by atoms with E-state index in [9.17, 15) is 4.79 Å². The number of hydrogen-bond acceptors (Lipinski definition) is 7. The van der Waals surface area contributed by atoms with E-state index in [1.54, 1.807) is 12.4 Å². The van der Waals surface area contributed by atoms with E-state index in [4.69, 9.17) is 9.40 Å². The first kappa shape index (κ1) is 20.4. The van der Waals surface area contributed by atoms with Crippen molar-refractivity contribution in [1.29, 1.82) is 0 Å². The average molecular weight is 447 g/mol. The summed E-state index contributed by atoms with van der Waals surface area (Å²) in [6.45, 7) is 5.46. The monoisotopic (exact) mass is 446 g/mol. The Morgan fingerprint density at radius 3 is 2.64 bits per heavy atom. The van der Waals surface area contributed by atoms with Crippen LogP contribution >= 0.6 is 0 Å². The van der Waals surface area contributed by atoms with E-state index in [2.05, 4.69) is 32.0 Å². The minimum absolute atomic E-state index is 0.0313. The Morgan fingerprint density at radius 2 is 1.85 bits per heavy atom. The minimum atomic E-state index is -0.0313. The molecule has 1 saturated heterocycles. The molecule has 4 unspecified atom stereocenters. The van der Waals surface area contributed by atoms with E-state index in [1.165, 1.54) is 19.3 Å². The molecule has 6 rings (SSSR count). The molecule has 8 heteroatoms. The number of carbonyl (C=O) groups is 1. The molecule has 0 radical (unpaired) electrons. The van der Waals surface area contributed by atoms with Crippen molar-refractivity contribution < 1.29 is 9.21 Å². The van der Waals surface area contributed by atoms with Crippen LogP contribution < -0.4 is 15.1 Å². The van der Waals surface area contributed by atoms with Crippen molar-refractivity contribution in [2.45, 2.75) is 38.6 Å². The number of fused-ring (bicyclic) bond motifs is 3. The highest BCUT2D eigenvalue weighted by molar-refractivity contribution is 6.04. The number of piperazine rings is 1. The predicted octanol–water partition coefficient (Wildman–Crippen LogP) is 3.50. The molecule has 2 bridgehead atoms. The molecule has 3 aliphatic rings. The van der Waals surface area contributed by atoms with Crippen LogP contribution in [0.5, 0.6) is 0 Å². The third-order valence-corrected chi connectivity index (χ3v) is 7.96. The first-order chi connectivity index (χ1) is 16.2. The molecule has 172 valence electrons. The highest BCUT2D eigenvalue weighted by Crippen LogP contribution is 2.46. The van der Waals surface area contributed by atoms with E-state index in [1.807, 2.05) is 24.3 Å². The molecule has 2 aliphatic carbocycles. The van der Waals surface area contributed by atoms with Crippen molar-refractivity contribution >= 4 is 29.0 Å². The summed E-state index contributed by atoms with van der Waals surface area (Å²) in [4.78, 5) is 31.0. The third kappa shape index (κ3) is 3.71. The number of anilines is 2. The first-order valence-corrected chi connectivity index (χ1v) is 12.1. The van der Waals surface area contributed by atoms with Crippen LogP contribution in [0.1, 0.15) is 43.0 Å². The molecular formula is C25H30N6O2. The lowest BCUT2D eigenvalue weighted by molar-refractivity contribution is 0.0924. The van der Waals surface area contributed by atoms with Gasteiger partial charge in [-0.2, -0.15) is 4.98 Å². The lowest BCUT2D eigenvalue weighted by Crippen LogP contribution is -2.47. The Bertz CT molecular complexity index is 1140. The fraction of sp³-hybridized carbons (Fsp3) is 0.520. The number of aromatic nitrogens is 3. The molecule has 1 aromatic carbocycles. The quantitative estimate of drug-likeness (QED) is 0.656. The summed E-state index contributed by atoms with van der Waals surface area (Å²) in [6.07, 6.45) is 8.45. The number of nitrogens with one attached hydrogen (secondary N) is 1. The Morgan fingerprint density at radius 1 is 1.06 bits per heavy atom. The molecule has 33 heavy (non-hydrogen) atoms. The van der Waals surface area contributed by atoms with Crippen molar-refractivity contribution in [2.24, 2.45) is 17.8 Å². The first-order valence-electron chi connectivity index (χ1n) is 12.1. The smallest absolute Gasteiger partial charge is 0.298 e. The zero-order valence-corrected chi connectivity index (χ0v) is 19.0. The van der Waals surface area contributed by atoms with Gasteiger partial charge in [0.2, 0.25) is 5.95 Å². The minimum Gasteiger partial charge on any atom is -0.423 e. The SMILES string of the molecule is CC1C2CCCC1C(NC(=O)c1cccc3oc(N4CCN(c5ncccn5)CC4)nc13)C2. The van der Waals surface area contributed by atoms with Gasteiger partial charge in [-0.3, -0.25) is 4.79 Å². The van der Waals surface area contributed by atoms with Crippen molar-refractivity contribution in [1.82, 2.24) is 20.3 Å². The Labute approximate surface area is 193 Å². The van der Waals surface area contributed by atoms with Crippen molar-refractivity contribution in [3.05, 3.63) is 42.2 Å². The van der Waals surface area contributed by atoms with Crippen LogP contribution in [-0.4, -0.2) is 53.1 Å². The number of nitrogens with zero attached hydrogens (tertiary/aromatic N) is 5. The van der Waals surface area contributed by atoms with Gasteiger partial charge in [-0.1, -0.05) is 25.8 Å². The Kier molecular flexibility index (Phi) is 5.15. The molecule has 1 amide bonds. The summed E-state index contributed by atoms with van der Waals surface area (Å²) in [5.41, 5.74) is 1.91. The summed E-state index contributed by atoms with van der Waals surface area (Å²) in [7, 11) is 0. The number of carbonyl (C=O) groups excluding carboxylic acids is 1. The number of hydrogen-bond donors (Lipinski definition) is 1. The second kappa shape index (κ2) is 8.32. The highest BCUT2D eigenvalue weighted by Gasteiger charge is 2.43. The molecule has 2 aromatic heterocycles. The zero-order chi connectivity index (χ0) is 22.4. The number of benzene rings is 1. The van der Waals surface area contributed by atoms with Gasteiger partial charge in [0.15, 0.2) is 5.58 Å². The molecule has 4 atom stereocenters. The normalized spacial score (nSPS) is 27.2. The van der Waals surface area contributed by atoms with Crippen LogP contribution in [-0.2, 0) is 0 Å². The summed E-state index contributed by atoms with van der Waals surface area (Å²) in [5.74, 6) is 2.78. The van der Waals surface area contributed by atoms with Crippen LogP contribution in [0.15, 0.2) is 41.1 Å². The second-order valence-corrected chi connectivity index (χ2v) is 9.70. The molecular weight excluding hydrogens is 416 g/mol. The van der Waals surface area contributed by atoms with Gasteiger partial charge in [0.25, 0.3) is 11.9 Å². The second-order valence-electron chi connectivity index (χ2n) is 9.70. The van der Waals surface area contributed by atoms with Crippen LogP contribution in [0, 0.1) is 17.8 Å². The highest BCUT2D eigenvalue weighted by atomic mass is 16.4. The third-order valence-electron chi connectivity index (χ3n) is 7.96. The largest absolute Gasteiger partial charge is 0.423 e. The average Bonchev–Trinajstić information content (AvgIpc) is 3.34. The van der Waals surface area contributed by atoms with E-state index in [-0.39, 0.29) is 11.9 Å². The maximum atomic E-state index is 13.3.